The highest BCUT2D eigenvalue weighted by molar-refractivity contribution is 9.10. The summed E-state index contributed by atoms with van der Waals surface area (Å²) in [5, 5.41) is 3.46. The van der Waals surface area contributed by atoms with Gasteiger partial charge >= 0.3 is 0 Å². The molecule has 0 aliphatic heterocycles. The molecule has 0 saturated carbocycles. The Bertz CT molecular complexity index is 411. The van der Waals surface area contributed by atoms with Gasteiger partial charge in [-0.25, -0.2) is 4.39 Å². The van der Waals surface area contributed by atoms with Gasteiger partial charge in [0.25, 0.3) is 0 Å². The molecule has 108 valence electrons. The van der Waals surface area contributed by atoms with Crippen LogP contribution in [0.15, 0.2) is 16.6 Å². The normalized spacial score (nSPS) is 14.2. The standard InChI is InChI=1S/C15H23BrFNO/c1-5-10(3)7-14(18-6-2)11-8-12(16)13(17)9-15(11)19-4/h8-10,14,18H,5-7H2,1-4H3. The summed E-state index contributed by atoms with van der Waals surface area (Å²) in [5.74, 6) is 0.923. The molecule has 0 bridgehead atoms. The van der Waals surface area contributed by atoms with Gasteiger partial charge in [0.1, 0.15) is 11.6 Å². The average Bonchev–Trinajstić information content (AvgIpc) is 2.40. The first kappa shape index (κ1) is 16.4. The molecule has 2 nitrogen and oxygen atoms in total. The quantitative estimate of drug-likeness (QED) is 0.782. The predicted octanol–water partition coefficient (Wildman–Crippen LogP) is 4.68. The smallest absolute Gasteiger partial charge is 0.141 e. The fourth-order valence-corrected chi connectivity index (χ4v) is 2.49. The van der Waals surface area contributed by atoms with Crippen LogP contribution in [-0.4, -0.2) is 13.7 Å². The summed E-state index contributed by atoms with van der Waals surface area (Å²) in [7, 11) is 1.58. The molecule has 4 heteroatoms. The average molecular weight is 332 g/mol. The van der Waals surface area contributed by atoms with Crippen LogP contribution in [0.1, 0.15) is 45.2 Å². The Morgan fingerprint density at radius 3 is 2.58 bits per heavy atom. The first-order valence-electron chi connectivity index (χ1n) is 6.79. The van der Waals surface area contributed by atoms with Crippen LogP contribution in [0, 0.1) is 11.7 Å². The summed E-state index contributed by atoms with van der Waals surface area (Å²) < 4.78 is 19.4. The number of rotatable bonds is 7. The zero-order valence-corrected chi connectivity index (χ0v) is 13.7. The van der Waals surface area contributed by atoms with Gasteiger partial charge in [-0.1, -0.05) is 27.2 Å². The molecule has 0 heterocycles. The maximum atomic E-state index is 13.6. The van der Waals surface area contributed by atoms with Gasteiger partial charge < -0.3 is 10.1 Å². The van der Waals surface area contributed by atoms with Gasteiger partial charge in [0, 0.05) is 17.7 Å². The molecular weight excluding hydrogens is 309 g/mol. The Morgan fingerprint density at radius 2 is 2.05 bits per heavy atom. The highest BCUT2D eigenvalue weighted by Gasteiger charge is 2.19. The Labute approximate surface area is 123 Å². The van der Waals surface area contributed by atoms with Gasteiger partial charge in [0.05, 0.1) is 11.6 Å². The third-order valence-electron chi connectivity index (χ3n) is 3.43. The van der Waals surface area contributed by atoms with Crippen molar-refractivity contribution in [3.05, 3.63) is 28.0 Å². The number of benzene rings is 1. The SMILES string of the molecule is CCNC(CC(C)CC)c1cc(Br)c(F)cc1OC. The molecule has 0 aromatic heterocycles. The monoisotopic (exact) mass is 331 g/mol. The van der Waals surface area contributed by atoms with E-state index < -0.39 is 0 Å². The van der Waals surface area contributed by atoms with Crippen molar-refractivity contribution in [2.24, 2.45) is 5.92 Å². The van der Waals surface area contributed by atoms with E-state index in [2.05, 4.69) is 42.0 Å². The first-order chi connectivity index (χ1) is 9.03. The number of methoxy groups -OCH3 is 1. The van der Waals surface area contributed by atoms with Crippen molar-refractivity contribution in [2.45, 2.75) is 39.7 Å². The van der Waals surface area contributed by atoms with E-state index in [9.17, 15) is 4.39 Å². The molecule has 2 atom stereocenters. The van der Waals surface area contributed by atoms with Crippen LogP contribution in [0.2, 0.25) is 0 Å². The second-order valence-corrected chi connectivity index (χ2v) is 5.72. The highest BCUT2D eigenvalue weighted by Crippen LogP contribution is 2.34. The molecule has 19 heavy (non-hydrogen) atoms. The van der Waals surface area contributed by atoms with Gasteiger partial charge in [-0.05, 0) is 40.9 Å². The highest BCUT2D eigenvalue weighted by atomic mass is 79.9. The van der Waals surface area contributed by atoms with E-state index in [1.807, 2.05) is 6.07 Å². The molecular formula is C15H23BrFNO. The maximum absolute atomic E-state index is 13.6. The predicted molar refractivity (Wildman–Crippen MR) is 81.1 cm³/mol. The van der Waals surface area contributed by atoms with Gasteiger partial charge in [0.15, 0.2) is 0 Å². The van der Waals surface area contributed by atoms with Crippen LogP contribution in [0.3, 0.4) is 0 Å². The lowest BCUT2D eigenvalue weighted by molar-refractivity contribution is 0.371. The zero-order chi connectivity index (χ0) is 14.4. The van der Waals surface area contributed by atoms with Crippen molar-refractivity contribution < 1.29 is 9.13 Å². The van der Waals surface area contributed by atoms with E-state index in [4.69, 9.17) is 4.74 Å². The number of nitrogens with one attached hydrogen (secondary N) is 1. The first-order valence-corrected chi connectivity index (χ1v) is 7.59. The summed E-state index contributed by atoms with van der Waals surface area (Å²) in [6.45, 7) is 7.37. The number of hydrogen-bond acceptors (Lipinski definition) is 2. The lowest BCUT2D eigenvalue weighted by Gasteiger charge is -2.24. The second-order valence-electron chi connectivity index (χ2n) is 4.87. The number of hydrogen-bond donors (Lipinski definition) is 1. The minimum atomic E-state index is -0.292. The molecule has 0 aliphatic rings. The zero-order valence-electron chi connectivity index (χ0n) is 12.1. The van der Waals surface area contributed by atoms with Gasteiger partial charge in [-0.15, -0.1) is 0 Å². The molecule has 0 radical (unpaired) electrons. The van der Waals surface area contributed by atoms with Crippen molar-refractivity contribution in [2.75, 3.05) is 13.7 Å². The molecule has 1 aromatic carbocycles. The lowest BCUT2D eigenvalue weighted by Crippen LogP contribution is -2.23. The second kappa shape index (κ2) is 7.85. The van der Waals surface area contributed by atoms with Gasteiger partial charge in [-0.2, -0.15) is 0 Å². The summed E-state index contributed by atoms with van der Waals surface area (Å²) in [5.41, 5.74) is 1.01. The van der Waals surface area contributed by atoms with E-state index in [1.54, 1.807) is 7.11 Å². The third-order valence-corrected chi connectivity index (χ3v) is 4.04. The van der Waals surface area contributed by atoms with E-state index in [1.165, 1.54) is 6.07 Å². The van der Waals surface area contributed by atoms with Crippen molar-refractivity contribution >= 4 is 15.9 Å². The van der Waals surface area contributed by atoms with E-state index in [0.717, 1.165) is 24.9 Å². The number of ether oxygens (including phenoxy) is 1. The molecule has 1 rings (SSSR count). The summed E-state index contributed by atoms with van der Waals surface area (Å²) in [4.78, 5) is 0. The van der Waals surface area contributed by atoms with Crippen LogP contribution in [-0.2, 0) is 0 Å². The van der Waals surface area contributed by atoms with Crippen LogP contribution in [0.5, 0.6) is 5.75 Å². The molecule has 1 N–H and O–H groups in total. The summed E-state index contributed by atoms with van der Waals surface area (Å²) >= 11 is 3.25. The maximum Gasteiger partial charge on any atom is 0.141 e. The van der Waals surface area contributed by atoms with Crippen molar-refractivity contribution in [1.29, 1.82) is 0 Å². The molecule has 0 fully saturated rings. The van der Waals surface area contributed by atoms with Crippen molar-refractivity contribution in [1.82, 2.24) is 5.32 Å². The largest absolute Gasteiger partial charge is 0.496 e. The fourth-order valence-electron chi connectivity index (χ4n) is 2.13. The van der Waals surface area contributed by atoms with Gasteiger partial charge in [-0.3, -0.25) is 0 Å². The third kappa shape index (κ3) is 4.46. The van der Waals surface area contributed by atoms with Crippen molar-refractivity contribution in [3.8, 4) is 5.75 Å². The minimum absolute atomic E-state index is 0.187. The van der Waals surface area contributed by atoms with Gasteiger partial charge in [0.2, 0.25) is 0 Å². The lowest BCUT2D eigenvalue weighted by atomic mass is 9.93. The Kier molecular flexibility index (Phi) is 6.80. The molecule has 0 aliphatic carbocycles. The fraction of sp³-hybridized carbons (Fsp3) is 0.600. The minimum Gasteiger partial charge on any atom is -0.496 e. The Balaban J connectivity index is 3.09. The van der Waals surface area contributed by atoms with Crippen LogP contribution in [0.4, 0.5) is 4.39 Å². The van der Waals surface area contributed by atoms with Crippen molar-refractivity contribution in [3.63, 3.8) is 0 Å². The van der Waals surface area contributed by atoms with Crippen LogP contribution >= 0.6 is 15.9 Å². The van der Waals surface area contributed by atoms with E-state index in [-0.39, 0.29) is 11.9 Å². The van der Waals surface area contributed by atoms with Crippen LogP contribution in [0.25, 0.3) is 0 Å². The van der Waals surface area contributed by atoms with E-state index >= 15 is 0 Å². The molecule has 0 amide bonds. The molecule has 0 spiro atoms. The molecule has 2 unspecified atom stereocenters. The Hall–Kier alpha value is -0.610. The Morgan fingerprint density at radius 1 is 1.37 bits per heavy atom. The summed E-state index contributed by atoms with van der Waals surface area (Å²) in [6.07, 6.45) is 2.14. The number of halogens is 2. The summed E-state index contributed by atoms with van der Waals surface area (Å²) in [6, 6.07) is 3.45. The van der Waals surface area contributed by atoms with E-state index in [0.29, 0.717) is 16.1 Å². The van der Waals surface area contributed by atoms with Crippen LogP contribution < -0.4 is 10.1 Å². The molecule has 0 saturated heterocycles. The molecule has 1 aromatic rings. The topological polar surface area (TPSA) is 21.3 Å².